The molecule has 0 aliphatic rings. The van der Waals surface area contributed by atoms with Crippen LogP contribution in [0.25, 0.3) is 21.5 Å². The van der Waals surface area contributed by atoms with E-state index in [0.29, 0.717) is 22.7 Å². The van der Waals surface area contributed by atoms with Crippen molar-refractivity contribution in [2.24, 2.45) is 0 Å². The first kappa shape index (κ1) is 19.8. The van der Waals surface area contributed by atoms with Gasteiger partial charge in [0.1, 0.15) is 11.2 Å². The smallest absolute Gasteiger partial charge is 0.386 e. The number of pyridine rings is 1. The van der Waals surface area contributed by atoms with Gasteiger partial charge in [0.15, 0.2) is 0 Å². The van der Waals surface area contributed by atoms with Crippen molar-refractivity contribution in [1.82, 2.24) is 15.0 Å². The van der Waals surface area contributed by atoms with Crippen LogP contribution < -0.4 is 5.32 Å². The first-order chi connectivity index (χ1) is 13.0. The van der Waals surface area contributed by atoms with Gasteiger partial charge in [-0.1, -0.05) is 0 Å². The maximum absolute atomic E-state index is 13.8. The molecule has 0 atom stereocenters. The second-order valence-corrected chi connectivity index (χ2v) is 7.93. The largest absolute Gasteiger partial charge is 0.417 e. The number of thioether (sulfide) groups is 1. The third-order valence-electron chi connectivity index (χ3n) is 3.77. The molecule has 3 aromatic rings. The Balaban J connectivity index is 2.13. The van der Waals surface area contributed by atoms with E-state index in [1.807, 2.05) is 0 Å². The molecule has 0 aromatic carbocycles. The Morgan fingerprint density at radius 2 is 2.00 bits per heavy atom. The highest BCUT2D eigenvalue weighted by Gasteiger charge is 2.36. The quantitative estimate of drug-likeness (QED) is 0.436. The summed E-state index contributed by atoms with van der Waals surface area (Å²) in [5.41, 5.74) is 0.401. The Bertz CT molecular complexity index is 916. The van der Waals surface area contributed by atoms with Crippen molar-refractivity contribution in [2.75, 3.05) is 31.8 Å². The third kappa shape index (κ3) is 4.33. The highest BCUT2D eigenvalue weighted by Crippen LogP contribution is 2.47. The summed E-state index contributed by atoms with van der Waals surface area (Å²) in [5, 5.41) is 3.03. The minimum absolute atomic E-state index is 0.102. The van der Waals surface area contributed by atoms with Gasteiger partial charge in [0, 0.05) is 49.9 Å². The molecule has 0 radical (unpaired) electrons. The second kappa shape index (κ2) is 8.41. The van der Waals surface area contributed by atoms with Gasteiger partial charge in [0.05, 0.1) is 21.2 Å². The van der Waals surface area contributed by atoms with Crippen LogP contribution in [0.5, 0.6) is 0 Å². The van der Waals surface area contributed by atoms with E-state index in [4.69, 9.17) is 4.74 Å². The fourth-order valence-corrected chi connectivity index (χ4v) is 5.04. The SMILES string of the molecule is CNc1c(SCCCOC)sc2nc(-c3cncnc3)cc(C(F)(F)F)c12. The zero-order chi connectivity index (χ0) is 19.4. The monoisotopic (exact) mass is 414 g/mol. The number of methoxy groups -OCH3 is 1. The maximum atomic E-state index is 13.8. The van der Waals surface area contributed by atoms with E-state index in [1.54, 1.807) is 14.2 Å². The van der Waals surface area contributed by atoms with Crippen LogP contribution in [-0.2, 0) is 10.9 Å². The average molecular weight is 414 g/mol. The molecule has 1 N–H and O–H groups in total. The topological polar surface area (TPSA) is 59.9 Å². The Morgan fingerprint density at radius 1 is 1.26 bits per heavy atom. The van der Waals surface area contributed by atoms with Gasteiger partial charge >= 0.3 is 6.18 Å². The number of hydrogen-bond acceptors (Lipinski definition) is 7. The van der Waals surface area contributed by atoms with E-state index in [9.17, 15) is 13.2 Å². The fourth-order valence-electron chi connectivity index (χ4n) is 2.58. The van der Waals surface area contributed by atoms with E-state index in [-0.39, 0.29) is 11.1 Å². The Morgan fingerprint density at radius 3 is 2.63 bits per heavy atom. The van der Waals surface area contributed by atoms with Crippen LogP contribution >= 0.6 is 23.1 Å². The van der Waals surface area contributed by atoms with Crippen LogP contribution in [0.1, 0.15) is 12.0 Å². The number of nitrogens with zero attached hydrogens (tertiary/aromatic N) is 3. The predicted molar refractivity (Wildman–Crippen MR) is 102 cm³/mol. The van der Waals surface area contributed by atoms with Crippen molar-refractivity contribution in [2.45, 2.75) is 16.8 Å². The highest BCUT2D eigenvalue weighted by molar-refractivity contribution is 8.01. The highest BCUT2D eigenvalue weighted by atomic mass is 32.2. The van der Waals surface area contributed by atoms with Crippen LogP contribution in [0.2, 0.25) is 0 Å². The summed E-state index contributed by atoms with van der Waals surface area (Å²) < 4.78 is 47.2. The van der Waals surface area contributed by atoms with Gasteiger partial charge in [-0.25, -0.2) is 15.0 Å². The van der Waals surface area contributed by atoms with Crippen molar-refractivity contribution in [3.63, 3.8) is 0 Å². The molecule has 0 aliphatic carbocycles. The van der Waals surface area contributed by atoms with Crippen molar-refractivity contribution in [1.29, 1.82) is 0 Å². The predicted octanol–water partition coefficient (Wildman–Crippen LogP) is 4.94. The Hall–Kier alpha value is -1.91. The van der Waals surface area contributed by atoms with Crippen molar-refractivity contribution >= 4 is 39.0 Å². The first-order valence-corrected chi connectivity index (χ1v) is 9.85. The normalized spacial score (nSPS) is 11.9. The van der Waals surface area contributed by atoms with Gasteiger partial charge in [-0.2, -0.15) is 13.2 Å². The summed E-state index contributed by atoms with van der Waals surface area (Å²) >= 11 is 2.76. The number of halogens is 3. The maximum Gasteiger partial charge on any atom is 0.417 e. The zero-order valence-corrected chi connectivity index (χ0v) is 16.3. The molecule has 0 bridgehead atoms. The molecule has 0 saturated heterocycles. The lowest BCUT2D eigenvalue weighted by atomic mass is 10.1. The number of aromatic nitrogens is 3. The summed E-state index contributed by atoms with van der Waals surface area (Å²) in [7, 11) is 3.25. The first-order valence-electron chi connectivity index (χ1n) is 8.05. The number of hydrogen-bond donors (Lipinski definition) is 1. The van der Waals surface area contributed by atoms with Gasteiger partial charge in [-0.3, -0.25) is 0 Å². The van der Waals surface area contributed by atoms with Gasteiger partial charge in [0.25, 0.3) is 0 Å². The number of fused-ring (bicyclic) bond motifs is 1. The molecule has 3 aromatic heterocycles. The molecule has 0 amide bonds. The summed E-state index contributed by atoms with van der Waals surface area (Å²) in [6, 6.07) is 1.06. The zero-order valence-electron chi connectivity index (χ0n) is 14.6. The van der Waals surface area contributed by atoms with Gasteiger partial charge in [-0.05, 0) is 12.5 Å². The number of thiophene rings is 1. The summed E-state index contributed by atoms with van der Waals surface area (Å²) in [5.74, 6) is 0.746. The summed E-state index contributed by atoms with van der Waals surface area (Å²) in [4.78, 5) is 12.5. The molecule has 5 nitrogen and oxygen atoms in total. The molecule has 3 rings (SSSR count). The molecular formula is C17H17F3N4OS2. The molecule has 144 valence electrons. The summed E-state index contributed by atoms with van der Waals surface area (Å²) in [6.07, 6.45) is 0.537. The molecule has 0 saturated carbocycles. The molecule has 27 heavy (non-hydrogen) atoms. The molecule has 0 spiro atoms. The van der Waals surface area contributed by atoms with Crippen LogP contribution in [-0.4, -0.2) is 41.5 Å². The lowest BCUT2D eigenvalue weighted by Gasteiger charge is -2.12. The molecule has 3 heterocycles. The van der Waals surface area contributed by atoms with Gasteiger partial charge in [-0.15, -0.1) is 23.1 Å². The minimum atomic E-state index is -4.50. The third-order valence-corrected chi connectivity index (χ3v) is 6.21. The summed E-state index contributed by atoms with van der Waals surface area (Å²) in [6.45, 7) is 0.608. The molecule has 0 fully saturated rings. The van der Waals surface area contributed by atoms with Crippen LogP contribution in [0.4, 0.5) is 18.9 Å². The van der Waals surface area contributed by atoms with E-state index in [0.717, 1.165) is 22.4 Å². The number of ether oxygens (including phenoxy) is 1. The number of anilines is 1. The minimum Gasteiger partial charge on any atom is -0.386 e. The lowest BCUT2D eigenvalue weighted by molar-refractivity contribution is -0.136. The van der Waals surface area contributed by atoms with E-state index in [1.165, 1.54) is 41.8 Å². The van der Waals surface area contributed by atoms with Gasteiger partial charge in [0.2, 0.25) is 0 Å². The molecule has 0 aliphatic heterocycles. The van der Waals surface area contributed by atoms with E-state index >= 15 is 0 Å². The van der Waals surface area contributed by atoms with Crippen LogP contribution in [0, 0.1) is 0 Å². The van der Waals surface area contributed by atoms with Crippen LogP contribution in [0.3, 0.4) is 0 Å². The standard InChI is InChI=1S/C17H17F3N4OS2/c1-21-14-13-11(17(18,19)20)6-12(10-7-22-9-23-8-10)24-15(13)27-16(14)26-5-3-4-25-2/h6-9,21H,3-5H2,1-2H3. The van der Waals surface area contributed by atoms with Crippen molar-refractivity contribution in [3.05, 3.63) is 30.4 Å². The number of alkyl halides is 3. The number of rotatable bonds is 7. The van der Waals surface area contributed by atoms with Crippen LogP contribution in [0.15, 0.2) is 29.0 Å². The second-order valence-electron chi connectivity index (χ2n) is 5.57. The van der Waals surface area contributed by atoms with Gasteiger partial charge < -0.3 is 10.1 Å². The van der Waals surface area contributed by atoms with E-state index < -0.39 is 11.7 Å². The molecule has 10 heteroatoms. The average Bonchev–Trinajstić information content (AvgIpc) is 3.01. The Kier molecular flexibility index (Phi) is 6.18. The molecule has 0 unspecified atom stereocenters. The Labute approximate surface area is 162 Å². The van der Waals surface area contributed by atoms with Crippen molar-refractivity contribution in [3.8, 4) is 11.3 Å². The fraction of sp³-hybridized carbons (Fsp3) is 0.353. The van der Waals surface area contributed by atoms with Crippen molar-refractivity contribution < 1.29 is 17.9 Å². The molecular weight excluding hydrogens is 397 g/mol. The van der Waals surface area contributed by atoms with E-state index in [2.05, 4.69) is 20.3 Å². The number of nitrogens with one attached hydrogen (secondary N) is 1. The lowest BCUT2D eigenvalue weighted by Crippen LogP contribution is -2.07.